The average molecular weight is 294 g/mol. The molecule has 1 aromatic heterocycles. The standard InChI is InChI=1S/C13H16BrN3/c1-9-13(10-3-5-11(14)6-4-10)12(7-8-15)17(2)16-9/h3-6H,7-8,15H2,1-2H3. The van der Waals surface area contributed by atoms with E-state index < -0.39 is 0 Å². The molecule has 0 saturated carbocycles. The third kappa shape index (κ3) is 2.42. The molecule has 0 spiro atoms. The largest absolute Gasteiger partial charge is 0.330 e. The third-order valence-electron chi connectivity index (χ3n) is 2.86. The summed E-state index contributed by atoms with van der Waals surface area (Å²) >= 11 is 3.45. The minimum Gasteiger partial charge on any atom is -0.330 e. The molecule has 0 aliphatic heterocycles. The van der Waals surface area contributed by atoms with Crippen LogP contribution in [0.25, 0.3) is 11.1 Å². The van der Waals surface area contributed by atoms with E-state index in [0.29, 0.717) is 6.54 Å². The van der Waals surface area contributed by atoms with Gasteiger partial charge in [0.25, 0.3) is 0 Å². The number of nitrogens with two attached hydrogens (primary N) is 1. The molecule has 2 rings (SSSR count). The van der Waals surface area contributed by atoms with E-state index >= 15 is 0 Å². The van der Waals surface area contributed by atoms with Crippen LogP contribution in [-0.2, 0) is 13.5 Å². The summed E-state index contributed by atoms with van der Waals surface area (Å²) in [6, 6.07) is 8.31. The van der Waals surface area contributed by atoms with E-state index in [-0.39, 0.29) is 0 Å². The predicted molar refractivity (Wildman–Crippen MR) is 73.8 cm³/mol. The normalized spacial score (nSPS) is 10.8. The maximum Gasteiger partial charge on any atom is 0.0674 e. The van der Waals surface area contributed by atoms with Crippen molar-refractivity contribution < 1.29 is 0 Å². The molecule has 0 saturated heterocycles. The molecule has 0 amide bonds. The van der Waals surface area contributed by atoms with Crippen molar-refractivity contribution in [3.63, 3.8) is 0 Å². The monoisotopic (exact) mass is 293 g/mol. The van der Waals surface area contributed by atoms with Crippen molar-refractivity contribution in [3.8, 4) is 11.1 Å². The number of halogens is 1. The second kappa shape index (κ2) is 5.02. The van der Waals surface area contributed by atoms with Gasteiger partial charge in [-0.3, -0.25) is 4.68 Å². The van der Waals surface area contributed by atoms with E-state index in [9.17, 15) is 0 Å². The van der Waals surface area contributed by atoms with E-state index in [2.05, 4.69) is 33.2 Å². The topological polar surface area (TPSA) is 43.8 Å². The maximum absolute atomic E-state index is 5.66. The molecule has 0 aliphatic rings. The van der Waals surface area contributed by atoms with E-state index in [0.717, 1.165) is 16.6 Å². The fourth-order valence-corrected chi connectivity index (χ4v) is 2.39. The molecule has 0 fully saturated rings. The van der Waals surface area contributed by atoms with Gasteiger partial charge in [-0.1, -0.05) is 28.1 Å². The van der Waals surface area contributed by atoms with Gasteiger partial charge in [-0.05, 0) is 31.2 Å². The van der Waals surface area contributed by atoms with Gasteiger partial charge in [-0.2, -0.15) is 5.10 Å². The lowest BCUT2D eigenvalue weighted by atomic mass is 10.0. The first kappa shape index (κ1) is 12.3. The zero-order valence-corrected chi connectivity index (χ0v) is 11.7. The Morgan fingerprint density at radius 3 is 2.53 bits per heavy atom. The molecular weight excluding hydrogens is 278 g/mol. The van der Waals surface area contributed by atoms with Gasteiger partial charge >= 0.3 is 0 Å². The Kier molecular flexibility index (Phi) is 3.64. The van der Waals surface area contributed by atoms with E-state index in [1.807, 2.05) is 30.8 Å². The summed E-state index contributed by atoms with van der Waals surface area (Å²) in [5.74, 6) is 0. The van der Waals surface area contributed by atoms with Crippen LogP contribution in [-0.4, -0.2) is 16.3 Å². The summed E-state index contributed by atoms with van der Waals surface area (Å²) in [5.41, 5.74) is 10.3. The number of aryl methyl sites for hydroxylation is 2. The molecule has 1 aromatic carbocycles. The van der Waals surface area contributed by atoms with Crippen LogP contribution in [0, 0.1) is 6.92 Å². The molecule has 0 radical (unpaired) electrons. The van der Waals surface area contributed by atoms with Crippen LogP contribution in [0.5, 0.6) is 0 Å². The van der Waals surface area contributed by atoms with Crippen LogP contribution in [0.1, 0.15) is 11.4 Å². The fraction of sp³-hybridized carbons (Fsp3) is 0.308. The molecule has 2 N–H and O–H groups in total. The number of rotatable bonds is 3. The quantitative estimate of drug-likeness (QED) is 0.945. The zero-order chi connectivity index (χ0) is 12.4. The lowest BCUT2D eigenvalue weighted by Crippen LogP contribution is -2.08. The second-order valence-electron chi connectivity index (χ2n) is 4.08. The zero-order valence-electron chi connectivity index (χ0n) is 10.1. The van der Waals surface area contributed by atoms with Gasteiger partial charge in [0.05, 0.1) is 5.69 Å². The fourth-order valence-electron chi connectivity index (χ4n) is 2.12. The number of nitrogens with zero attached hydrogens (tertiary/aromatic N) is 2. The number of benzene rings is 1. The molecule has 1 heterocycles. The Balaban J connectivity index is 2.53. The van der Waals surface area contributed by atoms with Crippen molar-refractivity contribution in [2.45, 2.75) is 13.3 Å². The van der Waals surface area contributed by atoms with Gasteiger partial charge in [0.15, 0.2) is 0 Å². The highest BCUT2D eigenvalue weighted by molar-refractivity contribution is 9.10. The van der Waals surface area contributed by atoms with Gasteiger partial charge in [0, 0.05) is 29.2 Å². The summed E-state index contributed by atoms with van der Waals surface area (Å²) in [7, 11) is 1.97. The highest BCUT2D eigenvalue weighted by atomic mass is 79.9. The van der Waals surface area contributed by atoms with Gasteiger partial charge < -0.3 is 5.73 Å². The summed E-state index contributed by atoms with van der Waals surface area (Å²) in [5, 5.41) is 4.48. The van der Waals surface area contributed by atoms with Crippen molar-refractivity contribution in [1.29, 1.82) is 0 Å². The molecule has 0 unspecified atom stereocenters. The Labute approximate surface area is 110 Å². The number of hydrogen-bond donors (Lipinski definition) is 1. The first-order valence-corrected chi connectivity index (χ1v) is 6.41. The first-order valence-electron chi connectivity index (χ1n) is 5.62. The lowest BCUT2D eigenvalue weighted by Gasteiger charge is -2.06. The summed E-state index contributed by atoms with van der Waals surface area (Å²) < 4.78 is 3.02. The molecule has 3 nitrogen and oxygen atoms in total. The van der Waals surface area contributed by atoms with Crippen LogP contribution in [0.4, 0.5) is 0 Å². The summed E-state index contributed by atoms with van der Waals surface area (Å²) in [6.07, 6.45) is 0.850. The minimum absolute atomic E-state index is 0.641. The number of hydrogen-bond acceptors (Lipinski definition) is 2. The van der Waals surface area contributed by atoms with Crippen molar-refractivity contribution >= 4 is 15.9 Å². The molecule has 0 atom stereocenters. The molecule has 0 bridgehead atoms. The highest BCUT2D eigenvalue weighted by Crippen LogP contribution is 2.28. The van der Waals surface area contributed by atoms with E-state index in [4.69, 9.17) is 5.73 Å². The van der Waals surface area contributed by atoms with Crippen molar-refractivity contribution in [2.75, 3.05) is 6.54 Å². The average Bonchev–Trinajstić information content (AvgIpc) is 2.56. The lowest BCUT2D eigenvalue weighted by molar-refractivity contribution is 0.701. The molecule has 4 heteroatoms. The number of aromatic nitrogens is 2. The molecular formula is C13H16BrN3. The predicted octanol–water partition coefficient (Wildman–Crippen LogP) is 2.66. The van der Waals surface area contributed by atoms with Gasteiger partial charge in [-0.25, -0.2) is 0 Å². The Bertz CT molecular complexity index is 514. The molecule has 90 valence electrons. The van der Waals surface area contributed by atoms with E-state index in [1.54, 1.807) is 0 Å². The smallest absolute Gasteiger partial charge is 0.0674 e. The second-order valence-corrected chi connectivity index (χ2v) is 4.99. The van der Waals surface area contributed by atoms with Crippen LogP contribution < -0.4 is 5.73 Å². The van der Waals surface area contributed by atoms with Gasteiger partial charge in [0.2, 0.25) is 0 Å². The Morgan fingerprint density at radius 2 is 1.94 bits per heavy atom. The highest BCUT2D eigenvalue weighted by Gasteiger charge is 2.13. The SMILES string of the molecule is Cc1nn(C)c(CCN)c1-c1ccc(Br)cc1. The third-order valence-corrected chi connectivity index (χ3v) is 3.38. The van der Waals surface area contributed by atoms with Crippen molar-refractivity contribution in [3.05, 3.63) is 40.1 Å². The van der Waals surface area contributed by atoms with E-state index in [1.165, 1.54) is 16.8 Å². The van der Waals surface area contributed by atoms with Gasteiger partial charge in [-0.15, -0.1) is 0 Å². The molecule has 2 aromatic rings. The molecule has 0 aliphatic carbocycles. The minimum atomic E-state index is 0.641. The van der Waals surface area contributed by atoms with Crippen LogP contribution in [0.2, 0.25) is 0 Å². The summed E-state index contributed by atoms with van der Waals surface area (Å²) in [4.78, 5) is 0. The Morgan fingerprint density at radius 1 is 1.29 bits per heavy atom. The first-order chi connectivity index (χ1) is 8.13. The Hall–Kier alpha value is -1.13. The van der Waals surface area contributed by atoms with Crippen molar-refractivity contribution in [1.82, 2.24) is 9.78 Å². The van der Waals surface area contributed by atoms with Crippen LogP contribution in [0.3, 0.4) is 0 Å². The maximum atomic E-state index is 5.66. The van der Waals surface area contributed by atoms with Crippen LogP contribution in [0.15, 0.2) is 28.7 Å². The van der Waals surface area contributed by atoms with Crippen LogP contribution >= 0.6 is 15.9 Å². The van der Waals surface area contributed by atoms with Gasteiger partial charge in [0.1, 0.15) is 0 Å². The summed E-state index contributed by atoms with van der Waals surface area (Å²) in [6.45, 7) is 2.68. The molecule has 17 heavy (non-hydrogen) atoms. The van der Waals surface area contributed by atoms with Crippen molar-refractivity contribution in [2.24, 2.45) is 12.8 Å².